The summed E-state index contributed by atoms with van der Waals surface area (Å²) in [7, 11) is 0. The molecule has 0 bridgehead atoms. The van der Waals surface area contributed by atoms with E-state index >= 15 is 0 Å². The van der Waals surface area contributed by atoms with Crippen molar-refractivity contribution >= 4 is 18.6 Å². The first-order chi connectivity index (χ1) is 5.22. The van der Waals surface area contributed by atoms with Crippen LogP contribution in [0.3, 0.4) is 0 Å². The van der Waals surface area contributed by atoms with Gasteiger partial charge in [-0.15, -0.1) is 0 Å². The SMILES string of the molecule is CC=N/C(=C\NC=O)C(=O)O. The topological polar surface area (TPSA) is 78.8 Å². The molecule has 0 aromatic rings. The van der Waals surface area contributed by atoms with E-state index in [0.29, 0.717) is 6.41 Å². The molecule has 2 N–H and O–H groups in total. The molecule has 0 saturated heterocycles. The molecule has 0 aliphatic heterocycles. The molecule has 0 saturated carbocycles. The van der Waals surface area contributed by atoms with Gasteiger partial charge in [0, 0.05) is 12.4 Å². The highest BCUT2D eigenvalue weighted by molar-refractivity contribution is 5.88. The van der Waals surface area contributed by atoms with Gasteiger partial charge in [0.1, 0.15) is 0 Å². The Morgan fingerprint density at radius 3 is 2.64 bits per heavy atom. The molecule has 11 heavy (non-hydrogen) atoms. The van der Waals surface area contributed by atoms with Gasteiger partial charge in [-0.2, -0.15) is 0 Å². The average molecular weight is 156 g/mol. The quantitative estimate of drug-likeness (QED) is 0.334. The number of aliphatic carboxylic acids is 1. The number of hydrogen-bond donors (Lipinski definition) is 2. The zero-order chi connectivity index (χ0) is 8.69. The fourth-order valence-corrected chi connectivity index (χ4v) is 0.406. The van der Waals surface area contributed by atoms with Gasteiger partial charge >= 0.3 is 5.97 Å². The standard InChI is InChI=1S/C6H8N2O3/c1-2-8-5(6(10)11)3-7-4-9/h2-4H,1H3,(H,7,9)(H,10,11)/b5-3-,8-2?. The van der Waals surface area contributed by atoms with Gasteiger partial charge in [0.25, 0.3) is 0 Å². The van der Waals surface area contributed by atoms with Crippen LogP contribution in [0, 0.1) is 0 Å². The highest BCUT2D eigenvalue weighted by Gasteiger charge is 2.01. The maximum absolute atomic E-state index is 10.3. The smallest absolute Gasteiger partial charge is 0.355 e. The summed E-state index contributed by atoms with van der Waals surface area (Å²) in [6.07, 6.45) is 2.70. The van der Waals surface area contributed by atoms with Crippen molar-refractivity contribution < 1.29 is 14.7 Å². The van der Waals surface area contributed by atoms with Crippen LogP contribution in [-0.2, 0) is 9.59 Å². The second-order valence-corrected chi connectivity index (χ2v) is 1.51. The lowest BCUT2D eigenvalue weighted by molar-refractivity contribution is -0.132. The van der Waals surface area contributed by atoms with Crippen LogP contribution in [0.25, 0.3) is 0 Å². The van der Waals surface area contributed by atoms with Crippen molar-refractivity contribution in [3.63, 3.8) is 0 Å². The van der Waals surface area contributed by atoms with Gasteiger partial charge in [0.2, 0.25) is 6.41 Å². The van der Waals surface area contributed by atoms with Gasteiger partial charge in [0.05, 0.1) is 0 Å². The first-order valence-corrected chi connectivity index (χ1v) is 2.84. The second-order valence-electron chi connectivity index (χ2n) is 1.51. The van der Waals surface area contributed by atoms with Crippen LogP contribution in [0.4, 0.5) is 0 Å². The first-order valence-electron chi connectivity index (χ1n) is 2.84. The lowest BCUT2D eigenvalue weighted by Crippen LogP contribution is -2.06. The van der Waals surface area contributed by atoms with Crippen LogP contribution in [-0.4, -0.2) is 23.7 Å². The Morgan fingerprint density at radius 1 is 1.64 bits per heavy atom. The van der Waals surface area contributed by atoms with E-state index in [4.69, 9.17) is 5.11 Å². The number of carbonyl (C=O) groups is 2. The molecule has 1 amide bonds. The minimum Gasteiger partial charge on any atom is -0.476 e. The van der Waals surface area contributed by atoms with Gasteiger partial charge in [-0.25, -0.2) is 4.79 Å². The number of hydrogen-bond acceptors (Lipinski definition) is 3. The molecular formula is C6H8N2O3. The van der Waals surface area contributed by atoms with Crippen LogP contribution in [0.2, 0.25) is 0 Å². The summed E-state index contributed by atoms with van der Waals surface area (Å²) in [6.45, 7) is 1.58. The summed E-state index contributed by atoms with van der Waals surface area (Å²) in [5, 5.41) is 10.5. The van der Waals surface area contributed by atoms with E-state index in [1.807, 2.05) is 0 Å². The van der Waals surface area contributed by atoms with E-state index in [2.05, 4.69) is 10.3 Å². The predicted molar refractivity (Wildman–Crippen MR) is 39.1 cm³/mol. The van der Waals surface area contributed by atoms with Gasteiger partial charge < -0.3 is 10.4 Å². The molecule has 0 aromatic carbocycles. The number of carbonyl (C=O) groups excluding carboxylic acids is 1. The molecule has 0 heterocycles. The lowest BCUT2D eigenvalue weighted by atomic mass is 10.5. The maximum Gasteiger partial charge on any atom is 0.355 e. The zero-order valence-electron chi connectivity index (χ0n) is 5.94. The van der Waals surface area contributed by atoms with Crippen molar-refractivity contribution in [2.24, 2.45) is 4.99 Å². The van der Waals surface area contributed by atoms with Crippen molar-refractivity contribution in [3.8, 4) is 0 Å². The molecule has 0 aromatic heterocycles. The number of carboxylic acids is 1. The highest BCUT2D eigenvalue weighted by atomic mass is 16.4. The fraction of sp³-hybridized carbons (Fsp3) is 0.167. The third-order valence-electron chi connectivity index (χ3n) is 0.775. The van der Waals surface area contributed by atoms with E-state index in [9.17, 15) is 9.59 Å². The van der Waals surface area contributed by atoms with E-state index in [0.717, 1.165) is 6.20 Å². The molecule has 0 unspecified atom stereocenters. The number of rotatable bonds is 4. The third-order valence-corrected chi connectivity index (χ3v) is 0.775. The fourth-order valence-electron chi connectivity index (χ4n) is 0.406. The maximum atomic E-state index is 10.3. The number of amides is 1. The third kappa shape index (κ3) is 3.85. The summed E-state index contributed by atoms with van der Waals surface area (Å²) in [6, 6.07) is 0. The second kappa shape index (κ2) is 5.16. The number of carboxylic acid groups (broad SMARTS) is 1. The molecule has 0 aliphatic carbocycles. The summed E-state index contributed by atoms with van der Waals surface area (Å²) >= 11 is 0. The molecule has 5 nitrogen and oxygen atoms in total. The molecule has 5 heteroatoms. The van der Waals surface area contributed by atoms with E-state index in [-0.39, 0.29) is 5.70 Å². The molecule has 60 valence electrons. The van der Waals surface area contributed by atoms with E-state index < -0.39 is 5.97 Å². The van der Waals surface area contributed by atoms with Crippen LogP contribution >= 0.6 is 0 Å². The molecule has 0 rings (SSSR count). The summed E-state index contributed by atoms with van der Waals surface area (Å²) in [5.41, 5.74) is -0.209. The number of nitrogens with zero attached hydrogens (tertiary/aromatic N) is 1. The first kappa shape index (κ1) is 9.35. The van der Waals surface area contributed by atoms with Crippen LogP contribution < -0.4 is 5.32 Å². The average Bonchev–Trinajstić information content (AvgIpc) is 1.97. The minimum absolute atomic E-state index is 0.209. The van der Waals surface area contributed by atoms with Crippen molar-refractivity contribution in [1.82, 2.24) is 5.32 Å². The van der Waals surface area contributed by atoms with E-state index in [1.54, 1.807) is 6.92 Å². The normalized spacial score (nSPS) is 11.5. The van der Waals surface area contributed by atoms with Crippen molar-refractivity contribution in [1.29, 1.82) is 0 Å². The monoisotopic (exact) mass is 156 g/mol. The van der Waals surface area contributed by atoms with Crippen molar-refractivity contribution in [2.45, 2.75) is 6.92 Å². The Kier molecular flexibility index (Phi) is 4.39. The molecule has 0 radical (unpaired) electrons. The van der Waals surface area contributed by atoms with E-state index in [1.165, 1.54) is 6.21 Å². The van der Waals surface area contributed by atoms with Gasteiger partial charge in [-0.05, 0) is 6.92 Å². The number of aliphatic imine (C=N–C) groups is 1. The molecule has 0 spiro atoms. The Balaban J connectivity index is 4.31. The largest absolute Gasteiger partial charge is 0.476 e. The Bertz CT molecular complexity index is 208. The Hall–Kier alpha value is -1.65. The van der Waals surface area contributed by atoms with Crippen molar-refractivity contribution in [2.75, 3.05) is 0 Å². The lowest BCUT2D eigenvalue weighted by Gasteiger charge is -1.91. The summed E-state index contributed by atoms with van der Waals surface area (Å²) in [4.78, 5) is 23.5. The van der Waals surface area contributed by atoms with Crippen LogP contribution in [0.1, 0.15) is 6.92 Å². The van der Waals surface area contributed by atoms with Gasteiger partial charge in [0.15, 0.2) is 5.70 Å². The summed E-state index contributed by atoms with van der Waals surface area (Å²) in [5.74, 6) is -1.18. The Labute approximate surface area is 63.4 Å². The highest BCUT2D eigenvalue weighted by Crippen LogP contribution is 1.92. The predicted octanol–water partition coefficient (Wildman–Crippen LogP) is -0.251. The molecule has 0 atom stereocenters. The molecule has 0 aliphatic rings. The van der Waals surface area contributed by atoms with Crippen LogP contribution in [0.5, 0.6) is 0 Å². The summed E-state index contributed by atoms with van der Waals surface area (Å²) < 4.78 is 0. The number of nitrogens with one attached hydrogen (secondary N) is 1. The van der Waals surface area contributed by atoms with Gasteiger partial charge in [-0.1, -0.05) is 0 Å². The molecular weight excluding hydrogens is 148 g/mol. The molecule has 0 fully saturated rings. The minimum atomic E-state index is -1.18. The van der Waals surface area contributed by atoms with Crippen LogP contribution in [0.15, 0.2) is 16.9 Å². The van der Waals surface area contributed by atoms with Gasteiger partial charge in [-0.3, -0.25) is 9.79 Å². The zero-order valence-corrected chi connectivity index (χ0v) is 5.94. The van der Waals surface area contributed by atoms with Crippen molar-refractivity contribution in [3.05, 3.63) is 11.9 Å². The Morgan fingerprint density at radius 2 is 2.27 bits per heavy atom.